The normalized spacial score (nSPS) is 17.3. The van der Waals surface area contributed by atoms with Crippen LogP contribution in [0.1, 0.15) is 91.9 Å². The van der Waals surface area contributed by atoms with Crippen molar-refractivity contribution in [1.82, 2.24) is 4.90 Å². The monoisotopic (exact) mass is 385 g/mol. The Morgan fingerprint density at radius 3 is 2.00 bits per heavy atom. The molecule has 4 nitrogen and oxygen atoms in total. The number of hydrogen-bond donors (Lipinski definition) is 0. The van der Waals surface area contributed by atoms with Crippen LogP contribution in [0.25, 0.3) is 0 Å². The lowest BCUT2D eigenvalue weighted by atomic mass is 9.86. The van der Waals surface area contributed by atoms with Crippen LogP contribution >= 0.6 is 0 Å². The van der Waals surface area contributed by atoms with E-state index in [-0.39, 0.29) is 0 Å². The Hall–Kier alpha value is -0.160. The van der Waals surface area contributed by atoms with Gasteiger partial charge < -0.3 is 14.2 Å². The maximum atomic E-state index is 6.26. The first-order valence-electron chi connectivity index (χ1n) is 11.8. The summed E-state index contributed by atoms with van der Waals surface area (Å²) in [6.07, 6.45) is 12.7. The van der Waals surface area contributed by atoms with Gasteiger partial charge in [0.2, 0.25) is 0 Å². The molecule has 162 valence electrons. The van der Waals surface area contributed by atoms with Crippen LogP contribution in [0, 0.1) is 5.92 Å². The van der Waals surface area contributed by atoms with E-state index in [9.17, 15) is 0 Å². The summed E-state index contributed by atoms with van der Waals surface area (Å²) in [5, 5.41) is 0. The molecule has 0 aromatic carbocycles. The van der Waals surface area contributed by atoms with Crippen LogP contribution in [0.5, 0.6) is 0 Å². The van der Waals surface area contributed by atoms with Gasteiger partial charge in [0.25, 0.3) is 0 Å². The molecule has 0 aromatic heterocycles. The fourth-order valence-electron chi connectivity index (χ4n) is 4.40. The van der Waals surface area contributed by atoms with Crippen molar-refractivity contribution in [3.05, 3.63) is 0 Å². The maximum Gasteiger partial charge on any atom is 0.170 e. The molecule has 1 saturated heterocycles. The standard InChI is InChI=1S/C23H47NO3/c1-5-9-10-11-12-13-15-22(23(6-2,26-7-3)27-8-4)16-14-17-24-18-20-25-21-19-24/h22H,5-21H2,1-4H3. The molecule has 1 fully saturated rings. The van der Waals surface area contributed by atoms with Crippen LogP contribution in [0.3, 0.4) is 0 Å². The van der Waals surface area contributed by atoms with Crippen molar-refractivity contribution < 1.29 is 14.2 Å². The Morgan fingerprint density at radius 2 is 1.41 bits per heavy atom. The van der Waals surface area contributed by atoms with Crippen molar-refractivity contribution in [3.63, 3.8) is 0 Å². The highest BCUT2D eigenvalue weighted by Crippen LogP contribution is 2.35. The molecule has 1 heterocycles. The van der Waals surface area contributed by atoms with E-state index < -0.39 is 5.79 Å². The number of morpholine rings is 1. The Kier molecular flexibility index (Phi) is 14.5. The topological polar surface area (TPSA) is 30.9 Å². The van der Waals surface area contributed by atoms with Crippen molar-refractivity contribution >= 4 is 0 Å². The lowest BCUT2D eigenvalue weighted by Crippen LogP contribution is -2.44. The molecule has 4 heteroatoms. The maximum absolute atomic E-state index is 6.26. The quantitative estimate of drug-likeness (QED) is 0.239. The number of nitrogens with zero attached hydrogens (tertiary/aromatic N) is 1. The minimum atomic E-state index is -0.391. The summed E-state index contributed by atoms with van der Waals surface area (Å²) in [6.45, 7) is 15.3. The fourth-order valence-corrected chi connectivity index (χ4v) is 4.40. The fraction of sp³-hybridized carbons (Fsp3) is 1.00. The molecule has 1 atom stereocenters. The second-order valence-corrected chi connectivity index (χ2v) is 7.88. The predicted molar refractivity (Wildman–Crippen MR) is 114 cm³/mol. The summed E-state index contributed by atoms with van der Waals surface area (Å²) in [5.41, 5.74) is 0. The second-order valence-electron chi connectivity index (χ2n) is 7.88. The van der Waals surface area contributed by atoms with Gasteiger partial charge in [-0.05, 0) is 46.1 Å². The van der Waals surface area contributed by atoms with Gasteiger partial charge in [-0.3, -0.25) is 4.90 Å². The summed E-state index contributed by atoms with van der Waals surface area (Å²) in [4.78, 5) is 2.54. The van der Waals surface area contributed by atoms with Gasteiger partial charge in [0, 0.05) is 32.2 Å². The third-order valence-corrected chi connectivity index (χ3v) is 5.93. The Morgan fingerprint density at radius 1 is 0.815 bits per heavy atom. The van der Waals surface area contributed by atoms with Crippen molar-refractivity contribution in [2.45, 2.75) is 97.7 Å². The first kappa shape index (κ1) is 24.9. The van der Waals surface area contributed by atoms with Gasteiger partial charge in [0.1, 0.15) is 0 Å². The van der Waals surface area contributed by atoms with E-state index in [1.54, 1.807) is 0 Å². The van der Waals surface area contributed by atoms with Crippen LogP contribution in [0.15, 0.2) is 0 Å². The van der Waals surface area contributed by atoms with Crippen LogP contribution in [0.2, 0.25) is 0 Å². The molecule has 0 N–H and O–H groups in total. The van der Waals surface area contributed by atoms with Crippen molar-refractivity contribution in [2.75, 3.05) is 46.1 Å². The number of rotatable bonds is 17. The summed E-state index contributed by atoms with van der Waals surface area (Å²) < 4.78 is 18.0. The first-order chi connectivity index (χ1) is 13.2. The molecule has 0 bridgehead atoms. The van der Waals surface area contributed by atoms with Crippen molar-refractivity contribution in [1.29, 1.82) is 0 Å². The predicted octanol–water partition coefficient (Wildman–Crippen LogP) is 5.64. The Balaban J connectivity index is 2.56. The van der Waals surface area contributed by atoms with Gasteiger partial charge in [-0.15, -0.1) is 0 Å². The van der Waals surface area contributed by atoms with Crippen LogP contribution in [-0.2, 0) is 14.2 Å². The zero-order chi connectivity index (χ0) is 19.8. The zero-order valence-electron chi connectivity index (χ0n) is 18.8. The van der Waals surface area contributed by atoms with E-state index in [1.807, 2.05) is 0 Å². The van der Waals surface area contributed by atoms with E-state index in [2.05, 4.69) is 32.6 Å². The molecule has 0 amide bonds. The highest BCUT2D eigenvalue weighted by atomic mass is 16.7. The Labute approximate surface area is 169 Å². The molecule has 0 aliphatic carbocycles. The van der Waals surface area contributed by atoms with Crippen LogP contribution in [-0.4, -0.2) is 56.7 Å². The molecule has 1 unspecified atom stereocenters. The summed E-state index contributed by atoms with van der Waals surface area (Å²) in [6, 6.07) is 0. The van der Waals surface area contributed by atoms with E-state index in [4.69, 9.17) is 14.2 Å². The van der Waals surface area contributed by atoms with E-state index >= 15 is 0 Å². The largest absolute Gasteiger partial charge is 0.379 e. The van der Waals surface area contributed by atoms with Gasteiger partial charge in [-0.25, -0.2) is 0 Å². The van der Waals surface area contributed by atoms with Gasteiger partial charge in [-0.1, -0.05) is 52.4 Å². The molecule has 0 spiro atoms. The molecule has 0 saturated carbocycles. The second kappa shape index (κ2) is 15.7. The van der Waals surface area contributed by atoms with Crippen LogP contribution in [0.4, 0.5) is 0 Å². The van der Waals surface area contributed by atoms with E-state index in [0.29, 0.717) is 5.92 Å². The highest BCUT2D eigenvalue weighted by Gasteiger charge is 2.38. The van der Waals surface area contributed by atoms with Gasteiger partial charge in [-0.2, -0.15) is 0 Å². The molecule has 0 radical (unpaired) electrons. The zero-order valence-corrected chi connectivity index (χ0v) is 18.8. The third kappa shape index (κ3) is 9.74. The molecular formula is C23H47NO3. The van der Waals surface area contributed by atoms with E-state index in [0.717, 1.165) is 45.9 Å². The number of ether oxygens (including phenoxy) is 3. The highest BCUT2D eigenvalue weighted by molar-refractivity contribution is 4.80. The molecular weight excluding hydrogens is 338 g/mol. The minimum Gasteiger partial charge on any atom is -0.379 e. The van der Waals surface area contributed by atoms with Crippen molar-refractivity contribution in [3.8, 4) is 0 Å². The average Bonchev–Trinajstić information content (AvgIpc) is 2.69. The molecule has 1 rings (SSSR count). The summed E-state index contributed by atoms with van der Waals surface area (Å²) >= 11 is 0. The molecule has 1 aliphatic heterocycles. The molecule has 0 aromatic rings. The number of hydrogen-bond acceptors (Lipinski definition) is 4. The van der Waals surface area contributed by atoms with Crippen LogP contribution < -0.4 is 0 Å². The number of unbranched alkanes of at least 4 members (excludes halogenated alkanes) is 5. The van der Waals surface area contributed by atoms with Gasteiger partial charge in [0.05, 0.1) is 13.2 Å². The van der Waals surface area contributed by atoms with Crippen molar-refractivity contribution in [2.24, 2.45) is 5.92 Å². The van der Waals surface area contributed by atoms with Gasteiger partial charge in [0.15, 0.2) is 5.79 Å². The first-order valence-corrected chi connectivity index (χ1v) is 11.8. The minimum absolute atomic E-state index is 0.391. The molecule has 1 aliphatic rings. The average molecular weight is 386 g/mol. The summed E-state index contributed by atoms with van der Waals surface area (Å²) in [7, 11) is 0. The lowest BCUT2D eigenvalue weighted by Gasteiger charge is -2.40. The smallest absolute Gasteiger partial charge is 0.170 e. The van der Waals surface area contributed by atoms with E-state index in [1.165, 1.54) is 64.3 Å². The molecule has 27 heavy (non-hydrogen) atoms. The Bertz CT molecular complexity index is 326. The SMILES string of the molecule is CCCCCCCCC(CCCN1CCOCC1)C(CC)(OCC)OCC. The van der Waals surface area contributed by atoms with Gasteiger partial charge >= 0.3 is 0 Å². The lowest BCUT2D eigenvalue weighted by molar-refractivity contribution is -0.268. The summed E-state index contributed by atoms with van der Waals surface area (Å²) in [5.74, 6) is 0.104. The third-order valence-electron chi connectivity index (χ3n) is 5.93.